The number of nitrogens with zero attached hydrogens (tertiary/aromatic N) is 5. The fraction of sp³-hybridized carbons (Fsp3) is 0.469. The zero-order chi connectivity index (χ0) is 32.1. The van der Waals surface area contributed by atoms with Crippen LogP contribution in [0.15, 0.2) is 42.6 Å². The van der Waals surface area contributed by atoms with E-state index in [1.807, 2.05) is 18.2 Å². The summed E-state index contributed by atoms with van der Waals surface area (Å²) in [4.78, 5) is 27.0. The molecule has 5 rings (SSSR count). The van der Waals surface area contributed by atoms with Crippen molar-refractivity contribution in [1.29, 1.82) is 0 Å². The summed E-state index contributed by atoms with van der Waals surface area (Å²) in [7, 11) is 7.95. The minimum absolute atomic E-state index is 0.00944. The van der Waals surface area contributed by atoms with Gasteiger partial charge in [0, 0.05) is 49.3 Å². The lowest BCUT2D eigenvalue weighted by Crippen LogP contribution is -2.44. The van der Waals surface area contributed by atoms with E-state index in [2.05, 4.69) is 61.8 Å². The third-order valence-corrected chi connectivity index (χ3v) is 8.43. The van der Waals surface area contributed by atoms with Crippen molar-refractivity contribution in [3.63, 3.8) is 0 Å². The molecule has 3 N–H and O–H groups in total. The number of rotatable bonds is 12. The van der Waals surface area contributed by atoms with E-state index in [0.717, 1.165) is 62.9 Å². The minimum atomic E-state index is -4.66. The van der Waals surface area contributed by atoms with E-state index in [4.69, 9.17) is 4.74 Å². The van der Waals surface area contributed by atoms with Crippen molar-refractivity contribution in [3.05, 3.63) is 59.3 Å². The molecular formula is C32H41F3N8O2. The summed E-state index contributed by atoms with van der Waals surface area (Å²) in [5.41, 5.74) is 2.71. The molecule has 242 valence electrons. The molecule has 1 saturated heterocycles. The van der Waals surface area contributed by atoms with E-state index in [1.54, 1.807) is 25.3 Å². The van der Waals surface area contributed by atoms with E-state index in [1.165, 1.54) is 0 Å². The van der Waals surface area contributed by atoms with Gasteiger partial charge in [-0.3, -0.25) is 4.79 Å². The third-order valence-electron chi connectivity index (χ3n) is 8.43. The number of nitrogens with one attached hydrogen (secondary N) is 3. The van der Waals surface area contributed by atoms with Crippen molar-refractivity contribution in [2.45, 2.75) is 44.4 Å². The number of benzene rings is 2. The summed E-state index contributed by atoms with van der Waals surface area (Å²) >= 11 is 0. The Morgan fingerprint density at radius 1 is 1.11 bits per heavy atom. The second-order valence-corrected chi connectivity index (χ2v) is 11.8. The lowest BCUT2D eigenvalue weighted by molar-refractivity contribution is -0.137. The van der Waals surface area contributed by atoms with Crippen LogP contribution in [0.4, 0.5) is 42.0 Å². The molecule has 45 heavy (non-hydrogen) atoms. The summed E-state index contributed by atoms with van der Waals surface area (Å²) in [5, 5.41) is 8.61. The summed E-state index contributed by atoms with van der Waals surface area (Å²) in [5.74, 6) is 0.0143. The Morgan fingerprint density at radius 2 is 1.89 bits per heavy atom. The number of carbonyl (C=O) groups excluding carboxylic acids is 1. The van der Waals surface area contributed by atoms with Gasteiger partial charge in [-0.2, -0.15) is 18.2 Å². The minimum Gasteiger partial charge on any atom is -0.494 e. The van der Waals surface area contributed by atoms with Gasteiger partial charge in [0.1, 0.15) is 17.1 Å². The first-order valence-electron chi connectivity index (χ1n) is 15.2. The van der Waals surface area contributed by atoms with Gasteiger partial charge in [0.15, 0.2) is 0 Å². The molecule has 0 radical (unpaired) electrons. The van der Waals surface area contributed by atoms with Gasteiger partial charge in [0.05, 0.1) is 19.2 Å². The molecule has 1 amide bonds. The molecule has 10 nitrogen and oxygen atoms in total. The number of methoxy groups -OCH3 is 1. The average molecular weight is 627 g/mol. The smallest absolute Gasteiger partial charge is 0.421 e. The Bertz CT molecular complexity index is 1490. The van der Waals surface area contributed by atoms with Crippen molar-refractivity contribution < 1.29 is 22.7 Å². The van der Waals surface area contributed by atoms with Crippen LogP contribution in [0, 0.1) is 0 Å². The Hall–Kier alpha value is -4.10. The highest BCUT2D eigenvalue weighted by molar-refractivity contribution is 5.99. The van der Waals surface area contributed by atoms with Crippen LogP contribution in [0.2, 0.25) is 0 Å². The Balaban J connectivity index is 1.26. The zero-order valence-electron chi connectivity index (χ0n) is 26.2. The first-order valence-corrected chi connectivity index (χ1v) is 15.2. The van der Waals surface area contributed by atoms with Gasteiger partial charge in [0.25, 0.3) is 0 Å². The number of aromatic nitrogens is 2. The van der Waals surface area contributed by atoms with Gasteiger partial charge in [0.2, 0.25) is 11.9 Å². The quantitative estimate of drug-likeness (QED) is 0.251. The lowest BCUT2D eigenvalue weighted by atomic mass is 10.0. The molecular weight excluding hydrogens is 585 g/mol. The maximum Gasteiger partial charge on any atom is 0.421 e. The average Bonchev–Trinajstić information content (AvgIpc) is 3.40. The first kappa shape index (κ1) is 32.3. The molecule has 0 spiro atoms. The maximum atomic E-state index is 13.9. The van der Waals surface area contributed by atoms with Gasteiger partial charge in [-0.25, -0.2) is 4.98 Å². The fourth-order valence-electron chi connectivity index (χ4n) is 5.93. The van der Waals surface area contributed by atoms with Crippen molar-refractivity contribution in [2.75, 3.05) is 75.3 Å². The normalized spacial score (nSPS) is 15.4. The van der Waals surface area contributed by atoms with Crippen LogP contribution >= 0.6 is 0 Å². The summed E-state index contributed by atoms with van der Waals surface area (Å²) in [6.07, 6.45) is -0.448. The SMILES string of the molecule is COc1cc(N2CCC(N(C)CCCN(C)C)CC2)ccc1Nc1ncc(C(F)(F)F)c(NCc2cccc3c2CC(=O)N3)n1. The van der Waals surface area contributed by atoms with Crippen molar-refractivity contribution in [3.8, 4) is 5.75 Å². The molecule has 13 heteroatoms. The van der Waals surface area contributed by atoms with Crippen LogP contribution in [0.5, 0.6) is 5.75 Å². The summed E-state index contributed by atoms with van der Waals surface area (Å²) in [6, 6.07) is 11.6. The van der Waals surface area contributed by atoms with Crippen LogP contribution in [0.25, 0.3) is 0 Å². The van der Waals surface area contributed by atoms with E-state index in [-0.39, 0.29) is 30.6 Å². The predicted octanol–water partition coefficient (Wildman–Crippen LogP) is 5.21. The highest BCUT2D eigenvalue weighted by Crippen LogP contribution is 2.37. The number of hydrogen-bond donors (Lipinski definition) is 3. The van der Waals surface area contributed by atoms with Gasteiger partial charge in [-0.1, -0.05) is 12.1 Å². The fourth-order valence-corrected chi connectivity index (χ4v) is 5.93. The number of carbonyl (C=O) groups is 1. The van der Waals surface area contributed by atoms with Crippen molar-refractivity contribution in [1.82, 2.24) is 19.8 Å². The Kier molecular flexibility index (Phi) is 9.98. The molecule has 2 aliphatic heterocycles. The van der Waals surface area contributed by atoms with E-state index < -0.39 is 11.7 Å². The molecule has 1 fully saturated rings. The number of ether oxygens (including phenoxy) is 1. The number of piperidine rings is 1. The molecule has 0 saturated carbocycles. The number of hydrogen-bond acceptors (Lipinski definition) is 9. The zero-order valence-corrected chi connectivity index (χ0v) is 26.2. The Morgan fingerprint density at radius 3 is 2.60 bits per heavy atom. The molecule has 1 aromatic heterocycles. The van der Waals surface area contributed by atoms with E-state index in [9.17, 15) is 18.0 Å². The molecule has 0 bridgehead atoms. The third kappa shape index (κ3) is 7.95. The summed E-state index contributed by atoms with van der Waals surface area (Å²) < 4.78 is 47.3. The van der Waals surface area contributed by atoms with E-state index >= 15 is 0 Å². The highest BCUT2D eigenvalue weighted by Gasteiger charge is 2.35. The number of amides is 1. The van der Waals surface area contributed by atoms with Crippen molar-refractivity contribution in [2.24, 2.45) is 0 Å². The standard InChI is InChI=1S/C32H41F3N8O2/c1-41(2)13-6-14-42(3)22-11-15-43(16-12-22)23-9-10-27(28(17-23)45-4)39-31-37-20-25(32(33,34)35)30(40-31)36-19-21-7-5-8-26-24(21)18-29(44)38-26/h5,7-10,17,20,22H,6,11-16,18-19H2,1-4H3,(H,38,44)(H2,36,37,39,40). The van der Waals surface area contributed by atoms with Crippen LogP contribution in [-0.4, -0.2) is 86.1 Å². The largest absolute Gasteiger partial charge is 0.494 e. The number of anilines is 5. The summed E-state index contributed by atoms with van der Waals surface area (Å²) in [6.45, 7) is 4.05. The van der Waals surface area contributed by atoms with Gasteiger partial charge < -0.3 is 35.4 Å². The molecule has 3 heterocycles. The van der Waals surface area contributed by atoms with Crippen LogP contribution in [0.3, 0.4) is 0 Å². The van der Waals surface area contributed by atoms with Crippen LogP contribution < -0.4 is 25.6 Å². The topological polar surface area (TPSA) is 97.9 Å². The molecule has 2 aromatic carbocycles. The Labute approximate surface area is 262 Å². The number of halogens is 3. The molecule has 0 unspecified atom stereocenters. The molecule has 3 aromatic rings. The van der Waals surface area contributed by atoms with Crippen LogP contribution in [0.1, 0.15) is 36.0 Å². The predicted molar refractivity (Wildman–Crippen MR) is 170 cm³/mol. The first-order chi connectivity index (χ1) is 21.5. The maximum absolute atomic E-state index is 13.9. The van der Waals surface area contributed by atoms with Gasteiger partial charge in [-0.05, 0) is 82.8 Å². The second-order valence-electron chi connectivity index (χ2n) is 11.8. The molecule has 0 aliphatic carbocycles. The molecule has 0 atom stereocenters. The van der Waals surface area contributed by atoms with E-state index in [0.29, 0.717) is 28.7 Å². The number of fused-ring (bicyclic) bond motifs is 1. The monoisotopic (exact) mass is 626 g/mol. The second kappa shape index (κ2) is 13.9. The molecule has 2 aliphatic rings. The van der Waals surface area contributed by atoms with Gasteiger partial charge in [-0.15, -0.1) is 0 Å². The van der Waals surface area contributed by atoms with Crippen LogP contribution in [-0.2, 0) is 23.9 Å². The number of alkyl halides is 3. The highest BCUT2D eigenvalue weighted by atomic mass is 19.4. The lowest BCUT2D eigenvalue weighted by Gasteiger charge is -2.38. The van der Waals surface area contributed by atoms with Crippen molar-refractivity contribution >= 4 is 34.7 Å². The van der Waals surface area contributed by atoms with Gasteiger partial charge >= 0.3 is 6.18 Å².